The van der Waals surface area contributed by atoms with Gasteiger partial charge in [0.2, 0.25) is 0 Å². The van der Waals surface area contributed by atoms with Crippen LogP contribution in [0.5, 0.6) is 0 Å². The molecule has 0 saturated carbocycles. The van der Waals surface area contributed by atoms with E-state index in [9.17, 15) is 0 Å². The predicted molar refractivity (Wildman–Crippen MR) is 71.4 cm³/mol. The summed E-state index contributed by atoms with van der Waals surface area (Å²) in [5.74, 6) is 0.714. The average molecular weight is 396 g/mol. The van der Waals surface area contributed by atoms with Crippen molar-refractivity contribution in [1.29, 1.82) is 0 Å². The van der Waals surface area contributed by atoms with Crippen molar-refractivity contribution in [1.82, 2.24) is 0 Å². The van der Waals surface area contributed by atoms with E-state index >= 15 is 0 Å². The van der Waals surface area contributed by atoms with E-state index in [2.05, 4.69) is 66.0 Å². The number of rotatable bonds is 5. The molecule has 0 spiro atoms. The minimum atomic E-state index is 0.0721. The van der Waals surface area contributed by atoms with E-state index < -0.39 is 0 Å². The lowest BCUT2D eigenvalue weighted by Crippen LogP contribution is -2.24. The Morgan fingerprint density at radius 3 is 2.25 bits per heavy atom. The molecule has 0 fully saturated rings. The van der Waals surface area contributed by atoms with Crippen molar-refractivity contribution >= 4 is 45.2 Å². The molecule has 0 saturated heterocycles. The van der Waals surface area contributed by atoms with E-state index in [1.807, 2.05) is 0 Å². The Labute approximate surface area is 103 Å². The Hall–Kier alpha value is 1.42. The SMILES string of the molecule is CC(I)CC(C)CC(C)(I)CO. The molecule has 0 aliphatic rings. The van der Waals surface area contributed by atoms with Crippen molar-refractivity contribution < 1.29 is 5.11 Å². The first kappa shape index (κ1) is 13.4. The molecule has 3 atom stereocenters. The number of halogens is 2. The van der Waals surface area contributed by atoms with Gasteiger partial charge in [0, 0.05) is 7.35 Å². The number of hydrogen-bond acceptors (Lipinski definition) is 1. The highest BCUT2D eigenvalue weighted by Gasteiger charge is 2.22. The zero-order valence-electron chi connectivity index (χ0n) is 7.98. The van der Waals surface area contributed by atoms with Crippen LogP contribution in [0.1, 0.15) is 33.6 Å². The quantitative estimate of drug-likeness (QED) is 0.558. The van der Waals surface area contributed by atoms with E-state index in [4.69, 9.17) is 5.11 Å². The summed E-state index contributed by atoms with van der Waals surface area (Å²) < 4.78 is 0.811. The molecule has 0 aromatic rings. The summed E-state index contributed by atoms with van der Waals surface area (Å²) in [6, 6.07) is 0. The Morgan fingerprint density at radius 2 is 1.92 bits per heavy atom. The third-order valence-corrected chi connectivity index (χ3v) is 3.12. The molecule has 0 radical (unpaired) electrons. The first-order valence-corrected chi connectivity index (χ1v) is 6.63. The van der Waals surface area contributed by atoms with Gasteiger partial charge in [-0.05, 0) is 25.7 Å². The monoisotopic (exact) mass is 396 g/mol. The van der Waals surface area contributed by atoms with Crippen molar-refractivity contribution in [3.63, 3.8) is 0 Å². The van der Waals surface area contributed by atoms with E-state index in [1.54, 1.807) is 0 Å². The maximum atomic E-state index is 9.07. The first-order valence-electron chi connectivity index (χ1n) is 4.31. The zero-order chi connectivity index (χ0) is 9.78. The summed E-state index contributed by atoms with van der Waals surface area (Å²) in [6.07, 6.45) is 2.36. The summed E-state index contributed by atoms with van der Waals surface area (Å²) in [5.41, 5.74) is 0. The highest BCUT2D eigenvalue weighted by Crippen LogP contribution is 2.29. The molecule has 74 valence electrons. The number of aliphatic hydroxyl groups excluding tert-OH is 1. The van der Waals surface area contributed by atoms with Gasteiger partial charge >= 0.3 is 0 Å². The molecule has 0 aliphatic heterocycles. The van der Waals surface area contributed by atoms with Crippen LogP contribution in [0.3, 0.4) is 0 Å². The van der Waals surface area contributed by atoms with E-state index in [1.165, 1.54) is 6.42 Å². The lowest BCUT2D eigenvalue weighted by Gasteiger charge is -2.24. The topological polar surface area (TPSA) is 20.2 Å². The molecule has 3 unspecified atom stereocenters. The van der Waals surface area contributed by atoms with Crippen molar-refractivity contribution in [3.8, 4) is 0 Å². The van der Waals surface area contributed by atoms with Crippen molar-refractivity contribution in [2.45, 2.75) is 41.0 Å². The molecule has 12 heavy (non-hydrogen) atoms. The Kier molecular flexibility index (Phi) is 6.72. The highest BCUT2D eigenvalue weighted by molar-refractivity contribution is 14.1. The van der Waals surface area contributed by atoms with E-state index in [0.717, 1.165) is 10.3 Å². The minimum Gasteiger partial charge on any atom is -0.395 e. The summed E-state index contributed by atoms with van der Waals surface area (Å²) in [5, 5.41) is 9.07. The van der Waals surface area contributed by atoms with Gasteiger partial charge in [0.1, 0.15) is 0 Å². The number of aliphatic hydroxyl groups is 1. The third kappa shape index (κ3) is 6.88. The van der Waals surface area contributed by atoms with Crippen LogP contribution in [-0.4, -0.2) is 19.1 Å². The van der Waals surface area contributed by atoms with Crippen LogP contribution in [0, 0.1) is 5.92 Å². The van der Waals surface area contributed by atoms with E-state index in [-0.39, 0.29) is 10.0 Å². The van der Waals surface area contributed by atoms with Crippen LogP contribution < -0.4 is 0 Å². The van der Waals surface area contributed by atoms with Crippen molar-refractivity contribution in [3.05, 3.63) is 0 Å². The van der Waals surface area contributed by atoms with Crippen LogP contribution in [0.25, 0.3) is 0 Å². The van der Waals surface area contributed by atoms with Crippen LogP contribution in [0.2, 0.25) is 0 Å². The number of hydrogen-bond donors (Lipinski definition) is 1. The fraction of sp³-hybridized carbons (Fsp3) is 1.00. The fourth-order valence-corrected chi connectivity index (χ4v) is 3.05. The fourth-order valence-electron chi connectivity index (χ4n) is 1.43. The maximum absolute atomic E-state index is 9.07. The molecule has 0 bridgehead atoms. The molecule has 0 heterocycles. The second kappa shape index (κ2) is 6.01. The average Bonchev–Trinajstić information content (AvgIpc) is 1.84. The largest absolute Gasteiger partial charge is 0.395 e. The third-order valence-electron chi connectivity index (χ3n) is 1.83. The zero-order valence-corrected chi connectivity index (χ0v) is 12.3. The van der Waals surface area contributed by atoms with Gasteiger partial charge in [0.25, 0.3) is 0 Å². The van der Waals surface area contributed by atoms with Crippen LogP contribution in [0.15, 0.2) is 0 Å². The molecular formula is C9H18I2O. The molecular weight excluding hydrogens is 378 g/mol. The van der Waals surface area contributed by atoms with Gasteiger partial charge in [-0.1, -0.05) is 59.0 Å². The highest BCUT2D eigenvalue weighted by atomic mass is 127. The first-order chi connectivity index (χ1) is 5.37. The van der Waals surface area contributed by atoms with Gasteiger partial charge in [-0.25, -0.2) is 0 Å². The smallest absolute Gasteiger partial charge is 0.0574 e. The van der Waals surface area contributed by atoms with Gasteiger partial charge in [0.05, 0.1) is 6.61 Å². The van der Waals surface area contributed by atoms with Crippen LogP contribution >= 0.6 is 45.2 Å². The Morgan fingerprint density at radius 1 is 1.42 bits per heavy atom. The van der Waals surface area contributed by atoms with E-state index in [0.29, 0.717) is 5.92 Å². The normalized spacial score (nSPS) is 21.5. The lowest BCUT2D eigenvalue weighted by molar-refractivity contribution is 0.243. The Bertz CT molecular complexity index is 124. The number of alkyl halides is 2. The second-order valence-electron chi connectivity index (χ2n) is 3.90. The van der Waals surface area contributed by atoms with Gasteiger partial charge in [-0.15, -0.1) is 0 Å². The van der Waals surface area contributed by atoms with Gasteiger partial charge in [0.15, 0.2) is 0 Å². The summed E-state index contributed by atoms with van der Waals surface area (Å²) in [4.78, 5) is 0. The Balaban J connectivity index is 3.75. The second-order valence-corrected chi connectivity index (χ2v) is 8.63. The standard InChI is InChI=1S/C9H18I2O/c1-7(4-8(2)10)5-9(3,11)6-12/h7-8,12H,4-6H2,1-3H3. The van der Waals surface area contributed by atoms with Gasteiger partial charge < -0.3 is 5.11 Å². The molecule has 0 aromatic heterocycles. The van der Waals surface area contributed by atoms with Crippen molar-refractivity contribution in [2.24, 2.45) is 5.92 Å². The van der Waals surface area contributed by atoms with Crippen LogP contribution in [0.4, 0.5) is 0 Å². The lowest BCUT2D eigenvalue weighted by atomic mass is 9.94. The van der Waals surface area contributed by atoms with Gasteiger partial charge in [-0.2, -0.15) is 0 Å². The summed E-state index contributed by atoms with van der Waals surface area (Å²) >= 11 is 4.81. The predicted octanol–water partition coefficient (Wildman–Crippen LogP) is 3.41. The molecule has 1 nitrogen and oxygen atoms in total. The molecule has 0 aliphatic carbocycles. The maximum Gasteiger partial charge on any atom is 0.0574 e. The minimum absolute atomic E-state index is 0.0721. The molecule has 0 amide bonds. The molecule has 0 aromatic carbocycles. The van der Waals surface area contributed by atoms with Crippen LogP contribution in [-0.2, 0) is 0 Å². The van der Waals surface area contributed by atoms with Crippen molar-refractivity contribution in [2.75, 3.05) is 6.61 Å². The van der Waals surface area contributed by atoms with Gasteiger partial charge in [-0.3, -0.25) is 0 Å². The summed E-state index contributed by atoms with van der Waals surface area (Å²) in [6.45, 7) is 6.90. The molecule has 1 N–H and O–H groups in total. The summed E-state index contributed by atoms with van der Waals surface area (Å²) in [7, 11) is 0. The molecule has 0 rings (SSSR count). The molecule has 3 heteroatoms.